The molecule has 0 saturated heterocycles. The molecule has 2 aromatic rings. The van der Waals surface area contributed by atoms with Crippen molar-refractivity contribution in [2.45, 2.75) is 13.8 Å². The van der Waals surface area contributed by atoms with E-state index in [0.717, 1.165) is 11.3 Å². The highest BCUT2D eigenvalue weighted by Crippen LogP contribution is 2.28. The van der Waals surface area contributed by atoms with Crippen molar-refractivity contribution in [2.75, 3.05) is 19.0 Å². The van der Waals surface area contributed by atoms with Gasteiger partial charge in [0.1, 0.15) is 0 Å². The number of aryl methyl sites for hydroxylation is 1. The number of amides is 1. The maximum Gasteiger partial charge on any atom is 0.250 e. The minimum Gasteiger partial charge on any atom is -0.493 e. The average molecular weight is 318 g/mol. The molecule has 0 radical (unpaired) electrons. The molecule has 0 atom stereocenters. The molecule has 0 aliphatic carbocycles. The summed E-state index contributed by atoms with van der Waals surface area (Å²) < 4.78 is 10.7. The molecule has 0 spiro atoms. The highest BCUT2D eigenvalue weighted by atomic mass is 32.1. The van der Waals surface area contributed by atoms with Gasteiger partial charge in [0.25, 0.3) is 0 Å². The fraction of sp³-hybridized carbons (Fsp3) is 0.250. The van der Waals surface area contributed by atoms with Gasteiger partial charge in [-0.05, 0) is 37.6 Å². The molecule has 6 heteroatoms. The van der Waals surface area contributed by atoms with Crippen LogP contribution in [0.2, 0.25) is 0 Å². The maximum atomic E-state index is 11.8. The third-order valence-corrected chi connectivity index (χ3v) is 3.64. The molecular weight excluding hydrogens is 300 g/mol. The van der Waals surface area contributed by atoms with Crippen LogP contribution in [0.25, 0.3) is 6.08 Å². The smallest absolute Gasteiger partial charge is 0.250 e. The van der Waals surface area contributed by atoms with E-state index in [1.54, 1.807) is 13.2 Å². The van der Waals surface area contributed by atoms with Crippen LogP contribution in [0.1, 0.15) is 18.2 Å². The molecular formula is C16H18N2O3S. The number of rotatable bonds is 6. The first kappa shape index (κ1) is 16.0. The van der Waals surface area contributed by atoms with Crippen molar-refractivity contribution in [1.82, 2.24) is 4.98 Å². The van der Waals surface area contributed by atoms with Gasteiger partial charge in [0.05, 0.1) is 19.4 Å². The Kier molecular flexibility index (Phi) is 5.55. The Hall–Kier alpha value is -2.34. The highest BCUT2D eigenvalue weighted by molar-refractivity contribution is 7.13. The highest BCUT2D eigenvalue weighted by Gasteiger charge is 2.05. The molecule has 0 fully saturated rings. The molecule has 1 N–H and O–H groups in total. The number of thiazole rings is 1. The zero-order valence-corrected chi connectivity index (χ0v) is 13.6. The third-order valence-electron chi connectivity index (χ3n) is 2.76. The summed E-state index contributed by atoms with van der Waals surface area (Å²) in [5.74, 6) is 1.10. The van der Waals surface area contributed by atoms with Crippen molar-refractivity contribution < 1.29 is 14.3 Å². The normalized spacial score (nSPS) is 10.7. The van der Waals surface area contributed by atoms with Crippen molar-refractivity contribution >= 4 is 28.5 Å². The van der Waals surface area contributed by atoms with E-state index in [4.69, 9.17) is 9.47 Å². The SMILES string of the molecule is CCOc1ccc(C=CC(=O)Nc2nc(C)cs2)cc1OC. The standard InChI is InChI=1S/C16H18N2O3S/c1-4-21-13-7-5-12(9-14(13)20-3)6-8-15(19)18-16-17-11(2)10-22-16/h5-10H,4H2,1-3H3,(H,17,18,19). The van der Waals surface area contributed by atoms with E-state index in [2.05, 4.69) is 10.3 Å². The zero-order valence-electron chi connectivity index (χ0n) is 12.8. The number of hydrogen-bond donors (Lipinski definition) is 1. The number of methoxy groups -OCH3 is 1. The van der Waals surface area contributed by atoms with Crippen molar-refractivity contribution in [3.8, 4) is 11.5 Å². The summed E-state index contributed by atoms with van der Waals surface area (Å²) >= 11 is 1.40. The number of benzene rings is 1. The van der Waals surface area contributed by atoms with E-state index in [9.17, 15) is 4.79 Å². The van der Waals surface area contributed by atoms with Crippen LogP contribution in [0.3, 0.4) is 0 Å². The first-order valence-electron chi connectivity index (χ1n) is 6.84. The number of nitrogens with one attached hydrogen (secondary N) is 1. The summed E-state index contributed by atoms with van der Waals surface area (Å²) in [6, 6.07) is 5.51. The second-order valence-electron chi connectivity index (χ2n) is 4.46. The topological polar surface area (TPSA) is 60.5 Å². The van der Waals surface area contributed by atoms with Gasteiger partial charge in [-0.1, -0.05) is 6.07 Å². The quantitative estimate of drug-likeness (QED) is 0.828. The molecule has 1 aromatic carbocycles. The Morgan fingerprint density at radius 3 is 2.86 bits per heavy atom. The molecule has 0 saturated carbocycles. The van der Waals surface area contributed by atoms with Gasteiger partial charge < -0.3 is 9.47 Å². The molecule has 0 bridgehead atoms. The van der Waals surface area contributed by atoms with Crippen LogP contribution < -0.4 is 14.8 Å². The predicted molar refractivity (Wildman–Crippen MR) is 88.7 cm³/mol. The first-order valence-corrected chi connectivity index (χ1v) is 7.72. The van der Waals surface area contributed by atoms with E-state index in [1.807, 2.05) is 37.4 Å². The zero-order chi connectivity index (χ0) is 15.9. The van der Waals surface area contributed by atoms with E-state index in [1.165, 1.54) is 17.4 Å². The summed E-state index contributed by atoms with van der Waals surface area (Å²) in [6.45, 7) is 4.37. The second-order valence-corrected chi connectivity index (χ2v) is 5.32. The largest absolute Gasteiger partial charge is 0.493 e. The minimum absolute atomic E-state index is 0.220. The van der Waals surface area contributed by atoms with Gasteiger partial charge in [-0.25, -0.2) is 4.98 Å². The van der Waals surface area contributed by atoms with Gasteiger partial charge in [-0.3, -0.25) is 10.1 Å². The fourth-order valence-electron chi connectivity index (χ4n) is 1.79. The Bertz CT molecular complexity index is 680. The summed E-state index contributed by atoms with van der Waals surface area (Å²) in [5.41, 5.74) is 1.74. The predicted octanol–water partition coefficient (Wildman–Crippen LogP) is 3.51. The number of nitrogens with zero attached hydrogens (tertiary/aromatic N) is 1. The number of ether oxygens (including phenoxy) is 2. The number of carbonyl (C=O) groups is 1. The van der Waals surface area contributed by atoms with Crippen LogP contribution in [-0.2, 0) is 4.79 Å². The lowest BCUT2D eigenvalue weighted by molar-refractivity contribution is -0.111. The molecule has 0 aliphatic heterocycles. The lowest BCUT2D eigenvalue weighted by atomic mass is 10.2. The Labute approximate surface area is 133 Å². The monoisotopic (exact) mass is 318 g/mol. The van der Waals surface area contributed by atoms with Crippen LogP contribution in [0, 0.1) is 6.92 Å². The van der Waals surface area contributed by atoms with Gasteiger partial charge in [-0.15, -0.1) is 11.3 Å². The Morgan fingerprint density at radius 1 is 1.41 bits per heavy atom. The van der Waals surface area contributed by atoms with E-state index in [-0.39, 0.29) is 5.91 Å². The van der Waals surface area contributed by atoms with Crippen LogP contribution in [0.4, 0.5) is 5.13 Å². The van der Waals surface area contributed by atoms with E-state index >= 15 is 0 Å². The van der Waals surface area contributed by atoms with E-state index in [0.29, 0.717) is 23.2 Å². The fourth-order valence-corrected chi connectivity index (χ4v) is 2.48. The molecule has 2 rings (SSSR count). The summed E-state index contributed by atoms with van der Waals surface area (Å²) in [5, 5.41) is 5.20. The number of hydrogen-bond acceptors (Lipinski definition) is 5. The van der Waals surface area contributed by atoms with Crippen LogP contribution in [0.5, 0.6) is 11.5 Å². The van der Waals surface area contributed by atoms with Crippen LogP contribution >= 0.6 is 11.3 Å². The molecule has 0 aliphatic rings. The van der Waals surface area contributed by atoms with Gasteiger partial charge in [-0.2, -0.15) is 0 Å². The first-order chi connectivity index (χ1) is 10.6. The van der Waals surface area contributed by atoms with Crippen molar-refractivity contribution in [3.05, 3.63) is 40.9 Å². The van der Waals surface area contributed by atoms with Gasteiger partial charge in [0, 0.05) is 11.5 Å². The third kappa shape index (κ3) is 4.33. The summed E-state index contributed by atoms with van der Waals surface area (Å²) in [4.78, 5) is 16.0. The Balaban J connectivity index is 2.04. The van der Waals surface area contributed by atoms with Crippen LogP contribution in [-0.4, -0.2) is 24.6 Å². The number of carbonyl (C=O) groups excluding carboxylic acids is 1. The summed E-state index contributed by atoms with van der Waals surface area (Å²) in [6.07, 6.45) is 3.18. The number of anilines is 1. The summed E-state index contributed by atoms with van der Waals surface area (Å²) in [7, 11) is 1.59. The molecule has 116 valence electrons. The lowest BCUT2D eigenvalue weighted by Crippen LogP contribution is -2.07. The van der Waals surface area contributed by atoms with E-state index < -0.39 is 0 Å². The van der Waals surface area contributed by atoms with Crippen molar-refractivity contribution in [3.63, 3.8) is 0 Å². The molecule has 0 unspecified atom stereocenters. The molecule has 1 amide bonds. The van der Waals surface area contributed by atoms with Gasteiger partial charge in [0.2, 0.25) is 5.91 Å². The van der Waals surface area contributed by atoms with Gasteiger partial charge in [0.15, 0.2) is 16.6 Å². The Morgan fingerprint density at radius 2 is 2.23 bits per heavy atom. The van der Waals surface area contributed by atoms with Crippen molar-refractivity contribution in [2.24, 2.45) is 0 Å². The molecule has 1 heterocycles. The molecule has 1 aromatic heterocycles. The van der Waals surface area contributed by atoms with Gasteiger partial charge >= 0.3 is 0 Å². The van der Waals surface area contributed by atoms with Crippen molar-refractivity contribution in [1.29, 1.82) is 0 Å². The average Bonchev–Trinajstić information content (AvgIpc) is 2.91. The number of aromatic nitrogens is 1. The maximum absolute atomic E-state index is 11.8. The molecule has 22 heavy (non-hydrogen) atoms. The second kappa shape index (κ2) is 7.61. The lowest BCUT2D eigenvalue weighted by Gasteiger charge is -2.09. The molecule has 5 nitrogen and oxygen atoms in total. The van der Waals surface area contributed by atoms with Crippen LogP contribution in [0.15, 0.2) is 29.7 Å². The minimum atomic E-state index is -0.220.